The number of nitrogens with two attached hydrogens (primary N) is 1. The Morgan fingerprint density at radius 2 is 2.18 bits per heavy atom. The van der Waals surface area contributed by atoms with Crippen molar-refractivity contribution in [1.29, 1.82) is 0 Å². The molecule has 2 unspecified atom stereocenters. The van der Waals surface area contributed by atoms with Crippen molar-refractivity contribution >= 4 is 0 Å². The molecule has 0 bridgehead atoms. The minimum atomic E-state index is -0.0440. The lowest BCUT2D eigenvalue weighted by Crippen LogP contribution is -2.42. The zero-order valence-electron chi connectivity index (χ0n) is 7.43. The molecular formula is C10H17N. The lowest BCUT2D eigenvalue weighted by atomic mass is 9.73. The zero-order valence-corrected chi connectivity index (χ0v) is 7.43. The van der Waals surface area contributed by atoms with Crippen molar-refractivity contribution in [3.8, 4) is 0 Å². The predicted molar refractivity (Wildman–Crippen MR) is 49.3 cm³/mol. The molecule has 0 aromatic carbocycles. The first kappa shape index (κ1) is 8.54. The number of allylic oxidation sites excluding steroid dienone is 2. The Bertz CT molecular complexity index is 191. The first-order valence-electron chi connectivity index (χ1n) is 4.08. The van der Waals surface area contributed by atoms with Crippen molar-refractivity contribution in [2.75, 3.05) is 0 Å². The molecule has 1 aliphatic rings. The third-order valence-corrected chi connectivity index (χ3v) is 2.33. The third kappa shape index (κ3) is 1.93. The fourth-order valence-corrected chi connectivity index (χ4v) is 1.74. The van der Waals surface area contributed by atoms with Gasteiger partial charge in [0, 0.05) is 11.0 Å². The molecular weight excluding hydrogens is 134 g/mol. The van der Waals surface area contributed by atoms with E-state index < -0.39 is 0 Å². The van der Waals surface area contributed by atoms with Crippen LogP contribution in [0.5, 0.6) is 0 Å². The first-order valence-corrected chi connectivity index (χ1v) is 4.08. The number of rotatable bonds is 1. The summed E-state index contributed by atoms with van der Waals surface area (Å²) < 4.78 is 0. The zero-order chi connectivity index (χ0) is 8.54. The second-order valence-electron chi connectivity index (χ2n) is 4.15. The molecule has 1 rings (SSSR count). The van der Waals surface area contributed by atoms with E-state index in [2.05, 4.69) is 32.6 Å². The normalized spacial score (nSPS) is 43.9. The minimum Gasteiger partial charge on any atom is -0.325 e. The Hall–Kier alpha value is -0.560. The standard InChI is InChI=1S/C10H17N/c1-4-9(2)6-5-7-10(3,11)8-9/h4-6H,1,7-8,11H2,2-3H3. The van der Waals surface area contributed by atoms with E-state index in [0.717, 1.165) is 12.8 Å². The molecule has 0 aromatic rings. The quantitative estimate of drug-likeness (QED) is 0.571. The van der Waals surface area contributed by atoms with E-state index in [9.17, 15) is 0 Å². The summed E-state index contributed by atoms with van der Waals surface area (Å²) in [5, 5.41) is 0. The molecule has 2 N–H and O–H groups in total. The summed E-state index contributed by atoms with van der Waals surface area (Å²) in [5.74, 6) is 0. The maximum atomic E-state index is 6.03. The van der Waals surface area contributed by atoms with E-state index in [1.807, 2.05) is 6.08 Å². The van der Waals surface area contributed by atoms with Gasteiger partial charge in [0.25, 0.3) is 0 Å². The van der Waals surface area contributed by atoms with Crippen molar-refractivity contribution in [3.63, 3.8) is 0 Å². The summed E-state index contributed by atoms with van der Waals surface area (Å²) in [5.41, 5.74) is 6.10. The van der Waals surface area contributed by atoms with Crippen LogP contribution >= 0.6 is 0 Å². The number of hydrogen-bond donors (Lipinski definition) is 1. The third-order valence-electron chi connectivity index (χ3n) is 2.33. The van der Waals surface area contributed by atoms with Crippen LogP contribution in [0.25, 0.3) is 0 Å². The van der Waals surface area contributed by atoms with Gasteiger partial charge >= 0.3 is 0 Å². The molecule has 0 spiro atoms. The summed E-state index contributed by atoms with van der Waals surface area (Å²) >= 11 is 0. The van der Waals surface area contributed by atoms with Crippen molar-refractivity contribution < 1.29 is 0 Å². The van der Waals surface area contributed by atoms with Crippen molar-refractivity contribution in [2.24, 2.45) is 11.1 Å². The summed E-state index contributed by atoms with van der Waals surface area (Å²) in [6.07, 6.45) is 8.32. The molecule has 2 atom stereocenters. The van der Waals surface area contributed by atoms with E-state index in [1.165, 1.54) is 0 Å². The van der Waals surface area contributed by atoms with Crippen LogP contribution in [-0.2, 0) is 0 Å². The molecule has 0 radical (unpaired) electrons. The SMILES string of the molecule is C=CC1(C)C=CCC(C)(N)C1. The Morgan fingerprint density at radius 1 is 1.55 bits per heavy atom. The van der Waals surface area contributed by atoms with Gasteiger partial charge in [0.1, 0.15) is 0 Å². The second kappa shape index (κ2) is 2.49. The van der Waals surface area contributed by atoms with E-state index in [4.69, 9.17) is 5.73 Å². The van der Waals surface area contributed by atoms with Crippen LogP contribution in [0.1, 0.15) is 26.7 Å². The van der Waals surface area contributed by atoms with Crippen LogP contribution in [0.15, 0.2) is 24.8 Å². The van der Waals surface area contributed by atoms with Gasteiger partial charge in [-0.2, -0.15) is 0 Å². The lowest BCUT2D eigenvalue weighted by molar-refractivity contribution is 0.316. The smallest absolute Gasteiger partial charge is 0.0171 e. The Labute approximate surface area is 69.0 Å². The molecule has 1 nitrogen and oxygen atoms in total. The fourth-order valence-electron chi connectivity index (χ4n) is 1.74. The van der Waals surface area contributed by atoms with Gasteiger partial charge < -0.3 is 5.73 Å². The minimum absolute atomic E-state index is 0.0440. The Kier molecular flexibility index (Phi) is 1.93. The topological polar surface area (TPSA) is 26.0 Å². The Balaban J connectivity index is 2.82. The van der Waals surface area contributed by atoms with Crippen LogP contribution in [0.4, 0.5) is 0 Å². The van der Waals surface area contributed by atoms with E-state index in [-0.39, 0.29) is 11.0 Å². The van der Waals surface area contributed by atoms with Crippen LogP contribution in [0.3, 0.4) is 0 Å². The maximum Gasteiger partial charge on any atom is 0.0171 e. The Morgan fingerprint density at radius 3 is 2.55 bits per heavy atom. The molecule has 1 aliphatic carbocycles. The van der Waals surface area contributed by atoms with Crippen LogP contribution < -0.4 is 5.73 Å². The average Bonchev–Trinajstić information content (AvgIpc) is 1.85. The maximum absolute atomic E-state index is 6.03. The van der Waals surface area contributed by atoms with E-state index in [1.54, 1.807) is 0 Å². The summed E-state index contributed by atoms with van der Waals surface area (Å²) in [4.78, 5) is 0. The highest BCUT2D eigenvalue weighted by Crippen LogP contribution is 2.35. The molecule has 0 fully saturated rings. The highest BCUT2D eigenvalue weighted by Gasteiger charge is 2.30. The molecule has 1 heteroatoms. The van der Waals surface area contributed by atoms with Crippen molar-refractivity contribution in [1.82, 2.24) is 0 Å². The summed E-state index contributed by atoms with van der Waals surface area (Å²) in [6, 6.07) is 0. The van der Waals surface area contributed by atoms with E-state index in [0.29, 0.717) is 0 Å². The van der Waals surface area contributed by atoms with Gasteiger partial charge in [-0.05, 0) is 19.8 Å². The summed E-state index contributed by atoms with van der Waals surface area (Å²) in [6.45, 7) is 8.08. The molecule has 0 aliphatic heterocycles. The molecule has 0 aromatic heterocycles. The molecule has 0 saturated carbocycles. The molecule has 0 heterocycles. The van der Waals surface area contributed by atoms with Gasteiger partial charge in [0.2, 0.25) is 0 Å². The predicted octanol–water partition coefficient (Wildman–Crippen LogP) is 2.25. The van der Waals surface area contributed by atoms with Crippen LogP contribution in [0, 0.1) is 5.41 Å². The first-order chi connectivity index (χ1) is 4.97. The molecule has 0 saturated heterocycles. The van der Waals surface area contributed by atoms with Gasteiger partial charge in [-0.25, -0.2) is 0 Å². The van der Waals surface area contributed by atoms with Gasteiger partial charge in [0.05, 0.1) is 0 Å². The molecule has 62 valence electrons. The van der Waals surface area contributed by atoms with E-state index >= 15 is 0 Å². The average molecular weight is 151 g/mol. The van der Waals surface area contributed by atoms with Crippen molar-refractivity contribution in [2.45, 2.75) is 32.2 Å². The van der Waals surface area contributed by atoms with Gasteiger partial charge in [0.15, 0.2) is 0 Å². The van der Waals surface area contributed by atoms with Crippen LogP contribution in [0.2, 0.25) is 0 Å². The van der Waals surface area contributed by atoms with Crippen molar-refractivity contribution in [3.05, 3.63) is 24.8 Å². The lowest BCUT2D eigenvalue weighted by Gasteiger charge is -2.36. The highest BCUT2D eigenvalue weighted by atomic mass is 14.7. The van der Waals surface area contributed by atoms with Crippen LogP contribution in [-0.4, -0.2) is 5.54 Å². The second-order valence-corrected chi connectivity index (χ2v) is 4.15. The largest absolute Gasteiger partial charge is 0.325 e. The van der Waals surface area contributed by atoms with Gasteiger partial charge in [-0.1, -0.05) is 25.2 Å². The van der Waals surface area contributed by atoms with Gasteiger partial charge in [-0.3, -0.25) is 0 Å². The number of hydrogen-bond acceptors (Lipinski definition) is 1. The molecule has 0 amide bonds. The van der Waals surface area contributed by atoms with Gasteiger partial charge in [-0.15, -0.1) is 6.58 Å². The summed E-state index contributed by atoms with van der Waals surface area (Å²) in [7, 11) is 0. The monoisotopic (exact) mass is 151 g/mol. The fraction of sp³-hybridized carbons (Fsp3) is 0.600. The highest BCUT2D eigenvalue weighted by molar-refractivity contribution is 5.15. The molecule has 11 heavy (non-hydrogen) atoms.